The number of urea groups is 1. The van der Waals surface area contributed by atoms with Crippen molar-refractivity contribution in [2.45, 2.75) is 49.4 Å². The highest BCUT2D eigenvalue weighted by Crippen LogP contribution is 2.24. The molecule has 0 aliphatic heterocycles. The van der Waals surface area contributed by atoms with Crippen LogP contribution in [0.4, 0.5) is 10.5 Å². The number of hydrogen-bond donors (Lipinski definition) is 2. The topological polar surface area (TPSA) is 54.0 Å². The standard InChI is InChI=1S/C20H25N3OS/c1-15-7-2-3-10-18(15)23-20(24)22-17-9-6-8-16(13-17)14-25-19-11-4-5-12-21-19/h4-6,8-9,11-13,15,18H,2-3,7,10,14H2,1H3,(H2,22,23,24). The maximum absolute atomic E-state index is 12.3. The van der Waals surface area contributed by atoms with Crippen LogP contribution in [0.25, 0.3) is 0 Å². The first kappa shape index (κ1) is 17.8. The second-order valence-corrected chi connectivity index (χ2v) is 7.62. The van der Waals surface area contributed by atoms with E-state index in [9.17, 15) is 4.79 Å². The van der Waals surface area contributed by atoms with E-state index in [-0.39, 0.29) is 12.1 Å². The largest absolute Gasteiger partial charge is 0.335 e. The molecule has 2 amide bonds. The molecule has 25 heavy (non-hydrogen) atoms. The summed E-state index contributed by atoms with van der Waals surface area (Å²) in [6.07, 6.45) is 6.56. The number of amides is 2. The molecule has 1 fully saturated rings. The summed E-state index contributed by atoms with van der Waals surface area (Å²) in [7, 11) is 0. The number of nitrogens with zero attached hydrogens (tertiary/aromatic N) is 1. The van der Waals surface area contributed by atoms with Gasteiger partial charge in [-0.25, -0.2) is 9.78 Å². The van der Waals surface area contributed by atoms with Gasteiger partial charge in [-0.3, -0.25) is 0 Å². The van der Waals surface area contributed by atoms with Gasteiger partial charge in [0.25, 0.3) is 0 Å². The Morgan fingerprint density at radius 3 is 2.88 bits per heavy atom. The van der Waals surface area contributed by atoms with Crippen LogP contribution in [0.3, 0.4) is 0 Å². The van der Waals surface area contributed by atoms with Gasteiger partial charge in [-0.15, -0.1) is 11.8 Å². The van der Waals surface area contributed by atoms with E-state index >= 15 is 0 Å². The molecule has 1 heterocycles. The van der Waals surface area contributed by atoms with Gasteiger partial charge < -0.3 is 10.6 Å². The lowest BCUT2D eigenvalue weighted by Gasteiger charge is -2.29. The molecular weight excluding hydrogens is 330 g/mol. The predicted octanol–water partition coefficient (Wildman–Crippen LogP) is 5.07. The van der Waals surface area contributed by atoms with Crippen LogP contribution < -0.4 is 10.6 Å². The molecule has 5 heteroatoms. The fourth-order valence-electron chi connectivity index (χ4n) is 3.19. The van der Waals surface area contributed by atoms with Crippen molar-refractivity contribution < 1.29 is 4.79 Å². The molecule has 0 spiro atoms. The van der Waals surface area contributed by atoms with Crippen molar-refractivity contribution in [3.63, 3.8) is 0 Å². The van der Waals surface area contributed by atoms with Gasteiger partial charge in [0.05, 0.1) is 5.03 Å². The van der Waals surface area contributed by atoms with E-state index in [1.165, 1.54) is 24.8 Å². The molecule has 0 bridgehead atoms. The van der Waals surface area contributed by atoms with E-state index in [1.807, 2.05) is 36.4 Å². The van der Waals surface area contributed by atoms with Crippen molar-refractivity contribution in [1.82, 2.24) is 10.3 Å². The quantitative estimate of drug-likeness (QED) is 0.736. The number of pyridine rings is 1. The Balaban J connectivity index is 1.53. The first-order chi connectivity index (χ1) is 12.2. The van der Waals surface area contributed by atoms with Crippen LogP contribution in [0.2, 0.25) is 0 Å². The average molecular weight is 356 g/mol. The number of aromatic nitrogens is 1. The van der Waals surface area contributed by atoms with Crippen LogP contribution in [0.1, 0.15) is 38.2 Å². The lowest BCUT2D eigenvalue weighted by molar-refractivity contribution is 0.232. The maximum atomic E-state index is 12.3. The Morgan fingerprint density at radius 1 is 1.20 bits per heavy atom. The fraction of sp³-hybridized carbons (Fsp3) is 0.400. The summed E-state index contributed by atoms with van der Waals surface area (Å²) < 4.78 is 0. The normalized spacial score (nSPS) is 20.0. The summed E-state index contributed by atoms with van der Waals surface area (Å²) in [5.41, 5.74) is 2.00. The number of rotatable bonds is 5. The van der Waals surface area contributed by atoms with Gasteiger partial charge in [0.1, 0.15) is 0 Å². The summed E-state index contributed by atoms with van der Waals surface area (Å²) in [5.74, 6) is 1.38. The maximum Gasteiger partial charge on any atom is 0.319 e. The summed E-state index contributed by atoms with van der Waals surface area (Å²) in [5, 5.41) is 7.11. The highest BCUT2D eigenvalue weighted by Gasteiger charge is 2.22. The summed E-state index contributed by atoms with van der Waals surface area (Å²) in [6.45, 7) is 2.22. The van der Waals surface area contributed by atoms with Crippen molar-refractivity contribution >= 4 is 23.5 Å². The zero-order valence-corrected chi connectivity index (χ0v) is 15.4. The molecule has 2 N–H and O–H groups in total. The van der Waals surface area contributed by atoms with Crippen LogP contribution in [-0.4, -0.2) is 17.1 Å². The predicted molar refractivity (Wildman–Crippen MR) is 104 cm³/mol. The highest BCUT2D eigenvalue weighted by atomic mass is 32.2. The van der Waals surface area contributed by atoms with Crippen molar-refractivity contribution in [2.24, 2.45) is 5.92 Å². The number of carbonyl (C=O) groups excluding carboxylic acids is 1. The van der Waals surface area contributed by atoms with Gasteiger partial charge in [-0.2, -0.15) is 0 Å². The Kier molecular flexibility index (Phi) is 6.34. The number of hydrogen-bond acceptors (Lipinski definition) is 3. The number of thioether (sulfide) groups is 1. The van der Waals surface area contributed by atoms with Gasteiger partial charge >= 0.3 is 6.03 Å². The minimum Gasteiger partial charge on any atom is -0.335 e. The number of anilines is 1. The number of carbonyl (C=O) groups is 1. The Hall–Kier alpha value is -2.01. The Bertz CT molecular complexity index is 692. The minimum atomic E-state index is -0.103. The fourth-order valence-corrected chi connectivity index (χ4v) is 4.00. The summed E-state index contributed by atoms with van der Waals surface area (Å²) in [4.78, 5) is 16.6. The molecule has 1 aliphatic rings. The van der Waals surface area contributed by atoms with Gasteiger partial charge in [0.2, 0.25) is 0 Å². The molecule has 1 aromatic carbocycles. The van der Waals surface area contributed by atoms with E-state index in [0.29, 0.717) is 5.92 Å². The number of benzene rings is 1. The van der Waals surface area contributed by atoms with Crippen molar-refractivity contribution in [2.75, 3.05) is 5.32 Å². The zero-order chi connectivity index (χ0) is 17.5. The van der Waals surface area contributed by atoms with Gasteiger partial charge in [-0.1, -0.05) is 38.0 Å². The second-order valence-electron chi connectivity index (χ2n) is 6.62. The van der Waals surface area contributed by atoms with E-state index in [0.717, 1.165) is 22.9 Å². The molecule has 3 rings (SSSR count). The Labute approximate surface area is 153 Å². The van der Waals surface area contributed by atoms with Gasteiger partial charge in [0.15, 0.2) is 0 Å². The molecule has 2 aromatic rings. The van der Waals surface area contributed by atoms with Crippen LogP contribution in [0.15, 0.2) is 53.7 Å². The molecule has 132 valence electrons. The van der Waals surface area contributed by atoms with Crippen molar-refractivity contribution in [1.29, 1.82) is 0 Å². The first-order valence-corrected chi connectivity index (χ1v) is 9.89. The summed E-state index contributed by atoms with van der Waals surface area (Å²) in [6, 6.07) is 14.1. The van der Waals surface area contributed by atoms with Crippen molar-refractivity contribution in [3.05, 3.63) is 54.2 Å². The third kappa shape index (κ3) is 5.49. The monoisotopic (exact) mass is 355 g/mol. The second kappa shape index (κ2) is 8.90. The van der Waals surface area contributed by atoms with E-state index in [1.54, 1.807) is 18.0 Å². The van der Waals surface area contributed by atoms with E-state index in [4.69, 9.17) is 0 Å². The molecule has 4 nitrogen and oxygen atoms in total. The first-order valence-electron chi connectivity index (χ1n) is 8.91. The van der Waals surface area contributed by atoms with Gasteiger partial charge in [-0.05, 0) is 48.6 Å². The SMILES string of the molecule is CC1CCCCC1NC(=O)Nc1cccc(CSc2ccccn2)c1. The highest BCUT2D eigenvalue weighted by molar-refractivity contribution is 7.98. The van der Waals surface area contributed by atoms with Gasteiger partial charge in [0, 0.05) is 23.7 Å². The zero-order valence-electron chi connectivity index (χ0n) is 14.6. The molecule has 0 radical (unpaired) electrons. The van der Waals surface area contributed by atoms with Crippen LogP contribution >= 0.6 is 11.8 Å². The van der Waals surface area contributed by atoms with E-state index < -0.39 is 0 Å². The molecular formula is C20H25N3OS. The Morgan fingerprint density at radius 2 is 2.08 bits per heavy atom. The molecule has 2 unspecified atom stereocenters. The molecule has 2 atom stereocenters. The molecule has 1 saturated carbocycles. The summed E-state index contributed by atoms with van der Waals surface area (Å²) >= 11 is 1.69. The van der Waals surface area contributed by atoms with Crippen LogP contribution in [0.5, 0.6) is 0 Å². The van der Waals surface area contributed by atoms with Crippen molar-refractivity contribution in [3.8, 4) is 0 Å². The molecule has 0 saturated heterocycles. The lowest BCUT2D eigenvalue weighted by atomic mass is 9.86. The lowest BCUT2D eigenvalue weighted by Crippen LogP contribution is -2.43. The third-order valence-electron chi connectivity index (χ3n) is 4.64. The molecule has 1 aromatic heterocycles. The third-order valence-corrected chi connectivity index (χ3v) is 5.65. The average Bonchev–Trinajstić information content (AvgIpc) is 2.63. The minimum absolute atomic E-state index is 0.103. The molecule has 1 aliphatic carbocycles. The number of nitrogens with one attached hydrogen (secondary N) is 2. The smallest absolute Gasteiger partial charge is 0.319 e. The van der Waals surface area contributed by atoms with Crippen LogP contribution in [0, 0.1) is 5.92 Å². The van der Waals surface area contributed by atoms with E-state index in [2.05, 4.69) is 28.6 Å². The van der Waals surface area contributed by atoms with Crippen LogP contribution in [-0.2, 0) is 5.75 Å².